The van der Waals surface area contributed by atoms with Crippen LogP contribution in [0.4, 0.5) is 11.5 Å². The second-order valence-corrected chi connectivity index (χ2v) is 7.14. The third kappa shape index (κ3) is 4.34. The Bertz CT molecular complexity index is 974. The molecule has 1 amide bonds. The van der Waals surface area contributed by atoms with Gasteiger partial charge in [0.1, 0.15) is 5.69 Å². The highest BCUT2D eigenvalue weighted by Crippen LogP contribution is 2.24. The predicted octanol–water partition coefficient (Wildman–Crippen LogP) is 3.79. The fourth-order valence-electron chi connectivity index (χ4n) is 3.45. The van der Waals surface area contributed by atoms with Gasteiger partial charge in [0.2, 0.25) is 5.91 Å². The van der Waals surface area contributed by atoms with Gasteiger partial charge >= 0.3 is 0 Å². The number of anilines is 2. The molecule has 7 nitrogen and oxygen atoms in total. The number of ketones is 1. The van der Waals surface area contributed by atoms with Crippen LogP contribution in [-0.4, -0.2) is 35.0 Å². The second kappa shape index (κ2) is 8.26. The highest BCUT2D eigenvalue weighted by atomic mass is 16.3. The lowest BCUT2D eigenvalue weighted by Crippen LogP contribution is -2.38. The monoisotopic (exact) mass is 390 g/mol. The van der Waals surface area contributed by atoms with E-state index in [0.717, 1.165) is 31.7 Å². The number of benzene rings is 1. The third-order valence-corrected chi connectivity index (χ3v) is 5.17. The molecule has 0 spiro atoms. The lowest BCUT2D eigenvalue weighted by molar-refractivity contribution is -0.120. The molecular formula is C22H22N4O3. The number of carbonyl (C=O) groups is 2. The minimum atomic E-state index is -0.0471. The van der Waals surface area contributed by atoms with Crippen LogP contribution in [0.15, 0.2) is 59.2 Å². The normalized spacial score (nSPS) is 14.6. The summed E-state index contributed by atoms with van der Waals surface area (Å²) in [6.07, 6.45) is 3.11. The number of hydrogen-bond acceptors (Lipinski definition) is 6. The van der Waals surface area contributed by atoms with Crippen molar-refractivity contribution in [3.63, 3.8) is 0 Å². The molecule has 0 unspecified atom stereocenters. The molecule has 1 saturated heterocycles. The van der Waals surface area contributed by atoms with Crippen molar-refractivity contribution in [2.24, 2.45) is 5.92 Å². The van der Waals surface area contributed by atoms with Gasteiger partial charge in [-0.05, 0) is 68.3 Å². The fraction of sp³-hybridized carbons (Fsp3) is 0.273. The first-order chi connectivity index (χ1) is 14.1. The molecule has 1 aromatic carbocycles. The fourth-order valence-corrected chi connectivity index (χ4v) is 3.45. The zero-order valence-electron chi connectivity index (χ0n) is 16.2. The first kappa shape index (κ1) is 18.9. The van der Waals surface area contributed by atoms with Crippen LogP contribution in [0.5, 0.6) is 0 Å². The summed E-state index contributed by atoms with van der Waals surface area (Å²) in [7, 11) is 0. The van der Waals surface area contributed by atoms with Crippen LogP contribution in [0.3, 0.4) is 0 Å². The van der Waals surface area contributed by atoms with E-state index in [1.165, 1.54) is 6.92 Å². The van der Waals surface area contributed by atoms with Crippen LogP contribution in [0.2, 0.25) is 0 Å². The number of carbonyl (C=O) groups excluding carboxylic acids is 2. The molecule has 2 aromatic heterocycles. The van der Waals surface area contributed by atoms with Crippen molar-refractivity contribution < 1.29 is 14.0 Å². The number of Topliss-reactive ketones (excluding diaryl/α,β-unsaturated/α-hetero) is 1. The van der Waals surface area contributed by atoms with Crippen molar-refractivity contribution in [3.8, 4) is 11.5 Å². The van der Waals surface area contributed by atoms with Crippen LogP contribution in [0.1, 0.15) is 30.1 Å². The quantitative estimate of drug-likeness (QED) is 0.667. The smallest absolute Gasteiger partial charge is 0.227 e. The topological polar surface area (TPSA) is 88.3 Å². The standard InChI is InChI=1S/C22H22N4O3/c1-15(27)16-4-6-18(7-5-16)23-22(28)17-10-12-26(13-11-17)21-9-8-19(24-25-21)20-3-2-14-29-20/h2-9,14,17H,10-13H2,1H3,(H,23,28). The van der Waals surface area contributed by atoms with E-state index >= 15 is 0 Å². The molecule has 148 valence electrons. The Morgan fingerprint density at radius 2 is 1.79 bits per heavy atom. The maximum absolute atomic E-state index is 12.6. The highest BCUT2D eigenvalue weighted by Gasteiger charge is 2.26. The van der Waals surface area contributed by atoms with Crippen molar-refractivity contribution in [3.05, 3.63) is 60.4 Å². The summed E-state index contributed by atoms with van der Waals surface area (Å²) < 4.78 is 5.34. The van der Waals surface area contributed by atoms with Crippen molar-refractivity contribution in [2.45, 2.75) is 19.8 Å². The lowest BCUT2D eigenvalue weighted by Gasteiger charge is -2.31. The third-order valence-electron chi connectivity index (χ3n) is 5.17. The van der Waals surface area contributed by atoms with Gasteiger partial charge in [0.05, 0.1) is 6.26 Å². The van der Waals surface area contributed by atoms with Crippen molar-refractivity contribution >= 4 is 23.2 Å². The molecule has 1 aliphatic heterocycles. The van der Waals surface area contributed by atoms with Gasteiger partial charge in [-0.3, -0.25) is 9.59 Å². The molecule has 0 saturated carbocycles. The molecule has 4 rings (SSSR count). The van der Waals surface area contributed by atoms with Crippen molar-refractivity contribution in [1.29, 1.82) is 0 Å². The van der Waals surface area contributed by atoms with Crippen molar-refractivity contribution in [2.75, 3.05) is 23.3 Å². The van der Waals surface area contributed by atoms with Gasteiger partial charge in [-0.1, -0.05) is 0 Å². The summed E-state index contributed by atoms with van der Waals surface area (Å²) in [4.78, 5) is 26.1. The molecule has 29 heavy (non-hydrogen) atoms. The van der Waals surface area contributed by atoms with Crippen LogP contribution in [-0.2, 0) is 4.79 Å². The first-order valence-electron chi connectivity index (χ1n) is 9.64. The van der Waals surface area contributed by atoms with Crippen LogP contribution in [0, 0.1) is 5.92 Å². The average Bonchev–Trinajstić information content (AvgIpc) is 3.29. The van der Waals surface area contributed by atoms with Gasteiger partial charge in [-0.25, -0.2) is 0 Å². The van der Waals surface area contributed by atoms with E-state index in [-0.39, 0.29) is 17.6 Å². The van der Waals surface area contributed by atoms with E-state index in [0.29, 0.717) is 22.7 Å². The van der Waals surface area contributed by atoms with Crippen LogP contribution in [0.25, 0.3) is 11.5 Å². The molecule has 0 radical (unpaired) electrons. The Balaban J connectivity index is 1.31. The number of aromatic nitrogens is 2. The number of nitrogens with one attached hydrogen (secondary N) is 1. The maximum atomic E-state index is 12.6. The minimum absolute atomic E-state index is 0.00976. The van der Waals surface area contributed by atoms with Gasteiger partial charge in [0.25, 0.3) is 0 Å². The highest BCUT2D eigenvalue weighted by molar-refractivity contribution is 5.96. The molecule has 1 fully saturated rings. The molecule has 0 aliphatic carbocycles. The summed E-state index contributed by atoms with van der Waals surface area (Å²) in [5.74, 6) is 1.47. The second-order valence-electron chi connectivity index (χ2n) is 7.14. The van der Waals surface area contributed by atoms with Gasteiger partial charge in [-0.15, -0.1) is 10.2 Å². The number of rotatable bonds is 5. The number of nitrogens with zero attached hydrogens (tertiary/aromatic N) is 3. The van der Waals surface area contributed by atoms with E-state index in [1.807, 2.05) is 24.3 Å². The van der Waals surface area contributed by atoms with Crippen LogP contribution >= 0.6 is 0 Å². The van der Waals surface area contributed by atoms with E-state index in [4.69, 9.17) is 4.42 Å². The Morgan fingerprint density at radius 3 is 2.38 bits per heavy atom. The van der Waals surface area contributed by atoms with E-state index in [9.17, 15) is 9.59 Å². The molecule has 1 aliphatic rings. The summed E-state index contributed by atoms with van der Waals surface area (Å²) in [6.45, 7) is 3.02. The largest absolute Gasteiger partial charge is 0.463 e. The Kier molecular flexibility index (Phi) is 5.37. The van der Waals surface area contributed by atoms with Crippen LogP contribution < -0.4 is 10.2 Å². The summed E-state index contributed by atoms with van der Waals surface area (Å²) in [5, 5.41) is 11.5. The number of piperidine rings is 1. The molecule has 7 heteroatoms. The first-order valence-corrected chi connectivity index (χ1v) is 9.64. The summed E-state index contributed by atoms with van der Waals surface area (Å²) in [5.41, 5.74) is 2.04. The Morgan fingerprint density at radius 1 is 1.03 bits per heavy atom. The molecule has 3 heterocycles. The van der Waals surface area contributed by atoms with Gasteiger partial charge in [0, 0.05) is 30.3 Å². The average molecular weight is 390 g/mol. The number of hydrogen-bond donors (Lipinski definition) is 1. The van der Waals surface area contributed by atoms with E-state index < -0.39 is 0 Å². The number of furan rings is 1. The molecule has 0 atom stereocenters. The molecule has 1 N–H and O–H groups in total. The van der Waals surface area contributed by atoms with Gasteiger partial charge in [-0.2, -0.15) is 0 Å². The van der Waals surface area contributed by atoms with E-state index in [1.54, 1.807) is 30.5 Å². The SMILES string of the molecule is CC(=O)c1ccc(NC(=O)C2CCN(c3ccc(-c4ccco4)nn3)CC2)cc1. The molecular weight excluding hydrogens is 368 g/mol. The van der Waals surface area contributed by atoms with E-state index in [2.05, 4.69) is 20.4 Å². The summed E-state index contributed by atoms with van der Waals surface area (Å²) >= 11 is 0. The Hall–Kier alpha value is -3.48. The van der Waals surface area contributed by atoms with Gasteiger partial charge in [0.15, 0.2) is 17.4 Å². The predicted molar refractivity (Wildman–Crippen MR) is 110 cm³/mol. The zero-order valence-corrected chi connectivity index (χ0v) is 16.2. The molecule has 0 bridgehead atoms. The van der Waals surface area contributed by atoms with Gasteiger partial charge < -0.3 is 14.6 Å². The minimum Gasteiger partial charge on any atom is -0.463 e. The lowest BCUT2D eigenvalue weighted by atomic mass is 9.95. The maximum Gasteiger partial charge on any atom is 0.227 e. The molecule has 3 aromatic rings. The van der Waals surface area contributed by atoms with Crippen molar-refractivity contribution in [1.82, 2.24) is 10.2 Å². The zero-order chi connectivity index (χ0) is 20.2. The summed E-state index contributed by atoms with van der Waals surface area (Å²) in [6, 6.07) is 14.5. The Labute approximate surface area is 168 Å². The number of amides is 1.